The highest BCUT2D eigenvalue weighted by molar-refractivity contribution is 9.10. The van der Waals surface area contributed by atoms with Crippen molar-refractivity contribution >= 4 is 15.9 Å². The Balaban J connectivity index is 2.46. The highest BCUT2D eigenvalue weighted by atomic mass is 79.9. The van der Waals surface area contributed by atoms with Crippen molar-refractivity contribution in [3.63, 3.8) is 0 Å². The zero-order valence-electron chi connectivity index (χ0n) is 11.3. The van der Waals surface area contributed by atoms with Gasteiger partial charge in [0.05, 0.1) is 48.8 Å². The van der Waals surface area contributed by atoms with Gasteiger partial charge in [0.25, 0.3) is 0 Å². The predicted octanol–water partition coefficient (Wildman–Crippen LogP) is 1.38. The number of rotatable bonds is 10. The van der Waals surface area contributed by atoms with Crippen molar-refractivity contribution in [2.24, 2.45) is 0 Å². The normalized spacial score (nSPS) is 12.8. The Labute approximate surface area is 121 Å². The second-order valence-electron chi connectivity index (χ2n) is 4.00. The molecule has 19 heavy (non-hydrogen) atoms. The predicted molar refractivity (Wildman–Crippen MR) is 74.1 cm³/mol. The van der Waals surface area contributed by atoms with Gasteiger partial charge in [-0.25, -0.2) is 0 Å². The van der Waals surface area contributed by atoms with E-state index in [9.17, 15) is 5.11 Å². The molecular formula is C12H21BrN2O4. The molecule has 1 atom stereocenters. The minimum Gasteiger partial charge on any atom is -0.387 e. The molecule has 110 valence electrons. The lowest BCUT2D eigenvalue weighted by atomic mass is 10.2. The second kappa shape index (κ2) is 9.44. The van der Waals surface area contributed by atoms with Gasteiger partial charge in [0, 0.05) is 27.2 Å². The van der Waals surface area contributed by atoms with E-state index in [1.54, 1.807) is 25.1 Å². The van der Waals surface area contributed by atoms with Crippen molar-refractivity contribution < 1.29 is 19.3 Å². The second-order valence-corrected chi connectivity index (χ2v) is 4.86. The number of hydrogen-bond acceptors (Lipinski definition) is 5. The molecule has 1 rings (SSSR count). The summed E-state index contributed by atoms with van der Waals surface area (Å²) in [4.78, 5) is 0. The summed E-state index contributed by atoms with van der Waals surface area (Å²) in [7, 11) is 3.27. The molecule has 0 aliphatic rings. The SMILES string of the molecule is COCCOCCC(O)c1c(Br)cnn1CCOC. The Morgan fingerprint density at radius 1 is 1.26 bits per heavy atom. The summed E-state index contributed by atoms with van der Waals surface area (Å²) in [5.41, 5.74) is 0.757. The lowest BCUT2D eigenvalue weighted by Crippen LogP contribution is -2.14. The van der Waals surface area contributed by atoms with Gasteiger partial charge >= 0.3 is 0 Å². The van der Waals surface area contributed by atoms with Gasteiger partial charge in [-0.15, -0.1) is 0 Å². The highest BCUT2D eigenvalue weighted by Crippen LogP contribution is 2.25. The Kier molecular flexibility index (Phi) is 8.24. The van der Waals surface area contributed by atoms with E-state index in [0.29, 0.717) is 39.4 Å². The van der Waals surface area contributed by atoms with Crippen LogP contribution in [0.3, 0.4) is 0 Å². The van der Waals surface area contributed by atoms with E-state index in [0.717, 1.165) is 10.2 Å². The fraction of sp³-hybridized carbons (Fsp3) is 0.750. The number of halogens is 1. The van der Waals surface area contributed by atoms with E-state index in [4.69, 9.17) is 14.2 Å². The summed E-state index contributed by atoms with van der Waals surface area (Å²) in [5, 5.41) is 14.4. The molecule has 0 amide bonds. The fourth-order valence-electron chi connectivity index (χ4n) is 1.64. The molecule has 1 aromatic rings. The largest absolute Gasteiger partial charge is 0.387 e. The Morgan fingerprint density at radius 2 is 2.00 bits per heavy atom. The average Bonchev–Trinajstić information content (AvgIpc) is 2.77. The molecule has 0 aliphatic heterocycles. The van der Waals surface area contributed by atoms with Gasteiger partial charge in [-0.2, -0.15) is 5.10 Å². The average molecular weight is 337 g/mol. The molecule has 0 aromatic carbocycles. The number of aliphatic hydroxyl groups excluding tert-OH is 1. The topological polar surface area (TPSA) is 65.7 Å². The van der Waals surface area contributed by atoms with Crippen LogP contribution in [0.25, 0.3) is 0 Å². The number of ether oxygens (including phenoxy) is 3. The van der Waals surface area contributed by atoms with E-state index >= 15 is 0 Å². The third-order valence-corrected chi connectivity index (χ3v) is 3.23. The van der Waals surface area contributed by atoms with Gasteiger partial charge in [-0.1, -0.05) is 0 Å². The van der Waals surface area contributed by atoms with Crippen LogP contribution >= 0.6 is 15.9 Å². The first-order chi connectivity index (χ1) is 9.20. The highest BCUT2D eigenvalue weighted by Gasteiger charge is 2.17. The maximum atomic E-state index is 10.2. The van der Waals surface area contributed by atoms with Gasteiger partial charge in [0.1, 0.15) is 0 Å². The van der Waals surface area contributed by atoms with Crippen molar-refractivity contribution in [3.8, 4) is 0 Å². The van der Waals surface area contributed by atoms with Crippen LogP contribution in [0.4, 0.5) is 0 Å². The molecule has 6 nitrogen and oxygen atoms in total. The first-order valence-electron chi connectivity index (χ1n) is 6.15. The van der Waals surface area contributed by atoms with Crippen molar-refractivity contribution in [2.45, 2.75) is 19.1 Å². The molecule has 1 aromatic heterocycles. The van der Waals surface area contributed by atoms with Crippen molar-refractivity contribution in [1.82, 2.24) is 9.78 Å². The van der Waals surface area contributed by atoms with E-state index in [1.165, 1.54) is 0 Å². The molecule has 1 N–H and O–H groups in total. The summed E-state index contributed by atoms with van der Waals surface area (Å²) in [5.74, 6) is 0. The molecule has 0 bridgehead atoms. The van der Waals surface area contributed by atoms with E-state index < -0.39 is 6.10 Å². The van der Waals surface area contributed by atoms with E-state index in [-0.39, 0.29) is 0 Å². The smallest absolute Gasteiger partial charge is 0.0990 e. The van der Waals surface area contributed by atoms with Gasteiger partial charge in [0.2, 0.25) is 0 Å². The summed E-state index contributed by atoms with van der Waals surface area (Å²) in [6, 6.07) is 0. The zero-order valence-corrected chi connectivity index (χ0v) is 12.9. The first kappa shape index (κ1) is 16.6. The minimum atomic E-state index is -0.615. The molecule has 0 spiro atoms. The van der Waals surface area contributed by atoms with Gasteiger partial charge in [-0.3, -0.25) is 4.68 Å². The standard InChI is InChI=1S/C12H21BrN2O4/c1-17-6-4-15-12(10(13)9-14-15)11(16)3-5-19-8-7-18-2/h9,11,16H,3-8H2,1-2H3. The summed E-state index contributed by atoms with van der Waals surface area (Å²) >= 11 is 3.40. The molecule has 0 aliphatic carbocycles. The minimum absolute atomic E-state index is 0.479. The van der Waals surface area contributed by atoms with Crippen LogP contribution in [0.1, 0.15) is 18.2 Å². The number of aromatic nitrogens is 2. The molecule has 0 radical (unpaired) electrons. The van der Waals surface area contributed by atoms with Gasteiger partial charge in [0.15, 0.2) is 0 Å². The number of hydrogen-bond donors (Lipinski definition) is 1. The van der Waals surface area contributed by atoms with Crippen LogP contribution in [-0.2, 0) is 20.8 Å². The maximum Gasteiger partial charge on any atom is 0.0990 e. The van der Waals surface area contributed by atoms with Crippen LogP contribution in [-0.4, -0.2) is 55.5 Å². The van der Waals surface area contributed by atoms with Crippen LogP contribution < -0.4 is 0 Å². The van der Waals surface area contributed by atoms with Crippen LogP contribution in [0.2, 0.25) is 0 Å². The van der Waals surface area contributed by atoms with Crippen LogP contribution in [0, 0.1) is 0 Å². The quantitative estimate of drug-likeness (QED) is 0.654. The van der Waals surface area contributed by atoms with Crippen molar-refractivity contribution in [3.05, 3.63) is 16.4 Å². The lowest BCUT2D eigenvalue weighted by Gasteiger charge is -2.14. The molecule has 1 unspecified atom stereocenters. The monoisotopic (exact) mass is 336 g/mol. The third kappa shape index (κ3) is 5.58. The van der Waals surface area contributed by atoms with Crippen LogP contribution in [0.15, 0.2) is 10.7 Å². The lowest BCUT2D eigenvalue weighted by molar-refractivity contribution is 0.0451. The van der Waals surface area contributed by atoms with Crippen molar-refractivity contribution in [1.29, 1.82) is 0 Å². The van der Waals surface area contributed by atoms with E-state index in [1.807, 2.05) is 0 Å². The number of nitrogens with zero attached hydrogens (tertiary/aromatic N) is 2. The number of methoxy groups -OCH3 is 2. The Morgan fingerprint density at radius 3 is 2.68 bits per heavy atom. The molecule has 1 heterocycles. The molecular weight excluding hydrogens is 316 g/mol. The summed E-state index contributed by atoms with van der Waals surface area (Å²) in [6.07, 6.45) is 1.58. The van der Waals surface area contributed by atoms with E-state index in [2.05, 4.69) is 21.0 Å². The first-order valence-corrected chi connectivity index (χ1v) is 6.95. The van der Waals surface area contributed by atoms with Crippen molar-refractivity contribution in [2.75, 3.05) is 40.6 Å². The molecule has 7 heteroatoms. The fourth-order valence-corrected chi connectivity index (χ4v) is 2.20. The number of aliphatic hydroxyl groups is 1. The summed E-state index contributed by atoms with van der Waals surface area (Å²) in [6.45, 7) is 2.74. The van der Waals surface area contributed by atoms with Gasteiger partial charge in [-0.05, 0) is 15.9 Å². The molecule has 0 fully saturated rings. The Bertz CT molecular complexity index is 359. The van der Waals surface area contributed by atoms with Gasteiger partial charge < -0.3 is 19.3 Å². The molecule has 0 saturated carbocycles. The molecule has 0 saturated heterocycles. The van der Waals surface area contributed by atoms with Crippen LogP contribution in [0.5, 0.6) is 0 Å². The summed E-state index contributed by atoms with van der Waals surface area (Å²) < 4.78 is 17.8. The Hall–Kier alpha value is -0.470. The zero-order chi connectivity index (χ0) is 14.1. The third-order valence-electron chi connectivity index (χ3n) is 2.62. The maximum absolute atomic E-state index is 10.2.